The van der Waals surface area contributed by atoms with Gasteiger partial charge in [-0.3, -0.25) is 4.79 Å². The van der Waals surface area contributed by atoms with Gasteiger partial charge in [-0.1, -0.05) is 26.5 Å². The summed E-state index contributed by atoms with van der Waals surface area (Å²) in [4.78, 5) is 24.3. The number of hydrogen-bond donors (Lipinski definition) is 1. The number of esters is 2. The Morgan fingerprint density at radius 3 is 2.76 bits per heavy atom. The Kier molecular flexibility index (Phi) is 4.16. The Morgan fingerprint density at radius 1 is 1.44 bits per heavy atom. The molecule has 3 aliphatic heterocycles. The molecule has 0 aliphatic carbocycles. The summed E-state index contributed by atoms with van der Waals surface area (Å²) in [6.07, 6.45) is 3.96. The Hall–Kier alpha value is -1.92. The van der Waals surface area contributed by atoms with Crippen LogP contribution in [0, 0.1) is 11.8 Å². The second-order valence-electron chi connectivity index (χ2n) is 7.55. The molecule has 1 saturated heterocycles. The molecule has 1 fully saturated rings. The van der Waals surface area contributed by atoms with E-state index in [2.05, 4.69) is 6.58 Å². The predicted octanol–water partition coefficient (Wildman–Crippen LogP) is 2.04. The summed E-state index contributed by atoms with van der Waals surface area (Å²) in [5.74, 6) is -3.26. The maximum Gasteiger partial charge on any atom is 0.334 e. The van der Waals surface area contributed by atoms with E-state index in [4.69, 9.17) is 14.2 Å². The average molecular weight is 348 g/mol. The lowest BCUT2D eigenvalue weighted by Gasteiger charge is -2.33. The zero-order chi connectivity index (χ0) is 18.6. The van der Waals surface area contributed by atoms with Crippen molar-refractivity contribution in [3.63, 3.8) is 0 Å². The zero-order valence-corrected chi connectivity index (χ0v) is 14.9. The van der Waals surface area contributed by atoms with Gasteiger partial charge in [0.25, 0.3) is 0 Å². The Morgan fingerprint density at radius 2 is 2.12 bits per heavy atom. The first kappa shape index (κ1) is 17.9. The normalized spacial score (nSPS) is 40.1. The van der Waals surface area contributed by atoms with E-state index < -0.39 is 35.5 Å². The number of ether oxygens (including phenoxy) is 3. The minimum Gasteiger partial charge on any atom is -0.461 e. The van der Waals surface area contributed by atoms with Crippen molar-refractivity contribution in [1.82, 2.24) is 0 Å². The van der Waals surface area contributed by atoms with E-state index in [-0.39, 0.29) is 23.9 Å². The highest BCUT2D eigenvalue weighted by Gasteiger charge is 2.52. The Labute approximate surface area is 147 Å². The second kappa shape index (κ2) is 5.81. The molecule has 6 nitrogen and oxygen atoms in total. The van der Waals surface area contributed by atoms with Crippen LogP contribution in [0.1, 0.15) is 34.1 Å². The van der Waals surface area contributed by atoms with Crippen LogP contribution in [0.25, 0.3) is 0 Å². The highest BCUT2D eigenvalue weighted by atomic mass is 16.6. The molecule has 1 N–H and O–H groups in total. The fourth-order valence-electron chi connectivity index (χ4n) is 3.51. The molecule has 25 heavy (non-hydrogen) atoms. The third kappa shape index (κ3) is 3.04. The number of carbonyl (C=O) groups is 2. The number of rotatable bonds is 2. The molecule has 0 aromatic heterocycles. The van der Waals surface area contributed by atoms with Gasteiger partial charge in [0.1, 0.15) is 12.2 Å². The van der Waals surface area contributed by atoms with Crippen molar-refractivity contribution >= 4 is 11.9 Å². The molecule has 0 amide bonds. The maximum absolute atomic E-state index is 12.2. The van der Waals surface area contributed by atoms with Crippen LogP contribution in [-0.2, 0) is 23.8 Å². The minimum atomic E-state index is -1.56. The van der Waals surface area contributed by atoms with Crippen molar-refractivity contribution < 1.29 is 28.9 Å². The third-order valence-electron chi connectivity index (χ3n) is 5.04. The van der Waals surface area contributed by atoms with Crippen LogP contribution in [0.2, 0.25) is 0 Å². The highest BCUT2D eigenvalue weighted by molar-refractivity contribution is 5.91. The molecule has 0 radical (unpaired) electrons. The SMILES string of the molecule is C=C1C(=O)OC2C=C(C)[C@]3(O)C=C[C@](C)(CC(OC(=O)C(C)C)C12)O3. The fraction of sp³-hybridized carbons (Fsp3) is 0.579. The van der Waals surface area contributed by atoms with E-state index in [1.54, 1.807) is 39.0 Å². The van der Waals surface area contributed by atoms with E-state index >= 15 is 0 Å². The van der Waals surface area contributed by atoms with Crippen molar-refractivity contribution in [3.05, 3.63) is 36.0 Å². The van der Waals surface area contributed by atoms with Gasteiger partial charge in [0, 0.05) is 12.0 Å². The topological polar surface area (TPSA) is 82.1 Å². The molecule has 3 unspecified atom stereocenters. The molecule has 0 aromatic rings. The quantitative estimate of drug-likeness (QED) is 0.467. The van der Waals surface area contributed by atoms with Gasteiger partial charge in [0.2, 0.25) is 5.79 Å². The number of carbonyl (C=O) groups excluding carboxylic acids is 2. The summed E-state index contributed by atoms with van der Waals surface area (Å²) in [6.45, 7) is 10.9. The number of fused-ring (bicyclic) bond motifs is 3. The molecule has 5 atom stereocenters. The molecule has 0 aromatic carbocycles. The first-order chi connectivity index (χ1) is 11.5. The van der Waals surface area contributed by atoms with E-state index in [1.165, 1.54) is 0 Å². The summed E-state index contributed by atoms with van der Waals surface area (Å²) in [7, 11) is 0. The predicted molar refractivity (Wildman–Crippen MR) is 89.2 cm³/mol. The van der Waals surface area contributed by atoms with Gasteiger partial charge in [0.15, 0.2) is 0 Å². The van der Waals surface area contributed by atoms with E-state index in [0.29, 0.717) is 5.57 Å². The third-order valence-corrected chi connectivity index (χ3v) is 5.04. The summed E-state index contributed by atoms with van der Waals surface area (Å²) >= 11 is 0. The molecule has 0 spiro atoms. The Bertz CT molecular complexity index is 690. The van der Waals surface area contributed by atoms with Gasteiger partial charge >= 0.3 is 11.9 Å². The lowest BCUT2D eigenvalue weighted by Crippen LogP contribution is -2.41. The van der Waals surface area contributed by atoms with Crippen molar-refractivity contribution in [2.75, 3.05) is 0 Å². The lowest BCUT2D eigenvalue weighted by atomic mass is 9.83. The molecule has 3 aliphatic rings. The number of aliphatic hydroxyl groups is 1. The molecule has 3 heterocycles. The van der Waals surface area contributed by atoms with Crippen LogP contribution in [-0.4, -0.2) is 40.6 Å². The van der Waals surface area contributed by atoms with Crippen LogP contribution in [0.3, 0.4) is 0 Å². The standard InChI is InChI=1S/C19H24O6/c1-10(2)16(20)24-14-9-18(5)6-7-19(22,25-18)11(3)8-13-15(14)12(4)17(21)23-13/h6-8,10,13-15,22H,4,9H2,1-3,5H3/t13?,14?,15?,18-,19+/m1/s1. The lowest BCUT2D eigenvalue weighted by molar-refractivity contribution is -0.190. The van der Waals surface area contributed by atoms with Crippen molar-refractivity contribution in [1.29, 1.82) is 0 Å². The first-order valence-corrected chi connectivity index (χ1v) is 8.47. The molecule has 0 saturated carbocycles. The van der Waals surface area contributed by atoms with Gasteiger partial charge < -0.3 is 19.3 Å². The monoisotopic (exact) mass is 348 g/mol. The molecule has 2 bridgehead atoms. The first-order valence-electron chi connectivity index (χ1n) is 8.47. The molecule has 136 valence electrons. The average Bonchev–Trinajstić information content (AvgIpc) is 2.97. The summed E-state index contributed by atoms with van der Waals surface area (Å²) in [5, 5.41) is 10.7. The van der Waals surface area contributed by atoms with Crippen LogP contribution in [0.5, 0.6) is 0 Å². The van der Waals surface area contributed by atoms with Crippen molar-refractivity contribution in [3.8, 4) is 0 Å². The Balaban J connectivity index is 2.04. The van der Waals surface area contributed by atoms with Gasteiger partial charge in [0.05, 0.1) is 17.4 Å². The van der Waals surface area contributed by atoms with Crippen LogP contribution >= 0.6 is 0 Å². The zero-order valence-electron chi connectivity index (χ0n) is 14.9. The summed E-state index contributed by atoms with van der Waals surface area (Å²) in [6, 6.07) is 0. The van der Waals surface area contributed by atoms with Crippen molar-refractivity contribution in [2.45, 2.75) is 57.7 Å². The minimum absolute atomic E-state index is 0.271. The largest absolute Gasteiger partial charge is 0.461 e. The summed E-state index contributed by atoms with van der Waals surface area (Å²) in [5.41, 5.74) is -0.0548. The summed E-state index contributed by atoms with van der Waals surface area (Å²) < 4.78 is 17.0. The molecular weight excluding hydrogens is 324 g/mol. The van der Waals surface area contributed by atoms with Crippen LogP contribution in [0.15, 0.2) is 36.0 Å². The van der Waals surface area contributed by atoms with Crippen LogP contribution in [0.4, 0.5) is 0 Å². The molecule has 3 rings (SSSR count). The van der Waals surface area contributed by atoms with Gasteiger partial charge in [-0.05, 0) is 31.6 Å². The fourth-order valence-corrected chi connectivity index (χ4v) is 3.51. The van der Waals surface area contributed by atoms with Gasteiger partial charge in [-0.15, -0.1) is 0 Å². The maximum atomic E-state index is 12.2. The second-order valence-corrected chi connectivity index (χ2v) is 7.55. The van der Waals surface area contributed by atoms with Gasteiger partial charge in [-0.2, -0.15) is 0 Å². The van der Waals surface area contributed by atoms with E-state index in [0.717, 1.165) is 0 Å². The van der Waals surface area contributed by atoms with Crippen molar-refractivity contribution in [2.24, 2.45) is 11.8 Å². The van der Waals surface area contributed by atoms with E-state index in [1.807, 2.05) is 6.92 Å². The van der Waals surface area contributed by atoms with E-state index in [9.17, 15) is 14.7 Å². The van der Waals surface area contributed by atoms with Crippen LogP contribution < -0.4 is 0 Å². The molecule has 6 heteroatoms. The molecular formula is C19H24O6. The number of hydrogen-bond acceptors (Lipinski definition) is 6. The smallest absolute Gasteiger partial charge is 0.334 e. The highest BCUT2D eigenvalue weighted by Crippen LogP contribution is 2.44. The van der Waals surface area contributed by atoms with Gasteiger partial charge in [-0.25, -0.2) is 4.79 Å².